The largest absolute Gasteiger partial charge is 0.440 e. The van der Waals surface area contributed by atoms with Gasteiger partial charge < -0.3 is 4.42 Å². The van der Waals surface area contributed by atoms with Gasteiger partial charge in [-0.3, -0.25) is 0 Å². The number of para-hydroxylation sites is 1. The molecule has 0 fully saturated rings. The number of oxazole rings is 1. The number of rotatable bonds is 10. The Kier molecular flexibility index (Phi) is 6.95. The fraction of sp³-hybridized carbons (Fsp3) is 0.650. The zero-order valence-corrected chi connectivity index (χ0v) is 14.5. The van der Waals surface area contributed by atoms with E-state index < -0.39 is 0 Å². The monoisotopic (exact) mass is 301 g/mol. The molecule has 0 amide bonds. The predicted molar refractivity (Wildman–Crippen MR) is 94.4 cm³/mol. The number of benzene rings is 1. The van der Waals surface area contributed by atoms with Crippen LogP contribution in [0.15, 0.2) is 22.6 Å². The molecule has 1 heterocycles. The first-order valence-electron chi connectivity index (χ1n) is 9.14. The first-order chi connectivity index (χ1) is 10.8. The van der Waals surface area contributed by atoms with E-state index in [0.29, 0.717) is 5.92 Å². The Labute approximate surface area is 135 Å². The van der Waals surface area contributed by atoms with Gasteiger partial charge in [-0.25, -0.2) is 4.98 Å². The quantitative estimate of drug-likeness (QED) is 0.460. The number of aromatic nitrogens is 1. The molecular weight excluding hydrogens is 270 g/mol. The fourth-order valence-corrected chi connectivity index (χ4v) is 3.07. The summed E-state index contributed by atoms with van der Waals surface area (Å²) < 4.78 is 6.08. The average molecular weight is 301 g/mol. The van der Waals surface area contributed by atoms with Crippen molar-refractivity contribution in [2.45, 2.75) is 84.5 Å². The molecule has 22 heavy (non-hydrogen) atoms. The Morgan fingerprint density at radius 1 is 1.00 bits per heavy atom. The molecule has 0 N–H and O–H groups in total. The van der Waals surface area contributed by atoms with Gasteiger partial charge in [0, 0.05) is 6.42 Å². The second-order valence-corrected chi connectivity index (χ2v) is 6.51. The van der Waals surface area contributed by atoms with E-state index in [1.54, 1.807) is 0 Å². The zero-order valence-electron chi connectivity index (χ0n) is 14.5. The van der Waals surface area contributed by atoms with E-state index >= 15 is 0 Å². The van der Waals surface area contributed by atoms with Gasteiger partial charge in [0.1, 0.15) is 5.52 Å². The molecule has 0 aliphatic heterocycles. The van der Waals surface area contributed by atoms with Crippen LogP contribution in [-0.4, -0.2) is 4.98 Å². The van der Waals surface area contributed by atoms with Gasteiger partial charge in [-0.05, 0) is 30.4 Å². The summed E-state index contributed by atoms with van der Waals surface area (Å²) in [7, 11) is 0. The number of unbranched alkanes of at least 4 members (excludes halogenated alkanes) is 5. The minimum absolute atomic E-state index is 0.553. The molecule has 2 nitrogen and oxygen atoms in total. The first-order valence-corrected chi connectivity index (χ1v) is 9.14. The van der Waals surface area contributed by atoms with Gasteiger partial charge in [-0.15, -0.1) is 0 Å². The average Bonchev–Trinajstić information content (AvgIpc) is 2.94. The lowest BCUT2D eigenvalue weighted by Gasteiger charge is -2.11. The van der Waals surface area contributed by atoms with Crippen molar-refractivity contribution < 1.29 is 4.42 Å². The van der Waals surface area contributed by atoms with E-state index in [-0.39, 0.29) is 0 Å². The van der Waals surface area contributed by atoms with Crippen LogP contribution < -0.4 is 0 Å². The maximum atomic E-state index is 6.08. The SMILES string of the molecule is CCCCCCC(C)c1cccc2nc(CCCCC)oc12. The third-order valence-electron chi connectivity index (χ3n) is 4.51. The van der Waals surface area contributed by atoms with Crippen molar-refractivity contribution in [1.82, 2.24) is 4.98 Å². The number of hydrogen-bond donors (Lipinski definition) is 0. The maximum Gasteiger partial charge on any atom is 0.195 e. The summed E-state index contributed by atoms with van der Waals surface area (Å²) >= 11 is 0. The lowest BCUT2D eigenvalue weighted by Crippen LogP contribution is -1.94. The molecule has 0 bridgehead atoms. The molecule has 1 unspecified atom stereocenters. The van der Waals surface area contributed by atoms with E-state index in [1.165, 1.54) is 56.9 Å². The molecule has 1 aromatic carbocycles. The fourth-order valence-electron chi connectivity index (χ4n) is 3.07. The van der Waals surface area contributed by atoms with Crippen LogP contribution in [0.4, 0.5) is 0 Å². The molecule has 2 rings (SSSR count). The molecule has 1 aromatic heterocycles. The molecule has 0 saturated carbocycles. The number of fused-ring (bicyclic) bond motifs is 1. The van der Waals surface area contributed by atoms with E-state index in [2.05, 4.69) is 44.0 Å². The summed E-state index contributed by atoms with van der Waals surface area (Å²) in [6.45, 7) is 6.81. The van der Waals surface area contributed by atoms with E-state index in [1.807, 2.05) is 0 Å². The minimum Gasteiger partial charge on any atom is -0.440 e. The molecule has 0 aliphatic carbocycles. The predicted octanol–water partition coefficient (Wildman–Crippen LogP) is 6.63. The molecule has 2 heteroatoms. The van der Waals surface area contributed by atoms with Gasteiger partial charge in [0.25, 0.3) is 0 Å². The van der Waals surface area contributed by atoms with Crippen molar-refractivity contribution in [2.24, 2.45) is 0 Å². The van der Waals surface area contributed by atoms with Gasteiger partial charge in [-0.2, -0.15) is 0 Å². The summed E-state index contributed by atoms with van der Waals surface area (Å²) in [6, 6.07) is 6.42. The molecule has 1 atom stereocenters. The van der Waals surface area contributed by atoms with E-state index in [0.717, 1.165) is 23.4 Å². The first kappa shape index (κ1) is 17.1. The Morgan fingerprint density at radius 2 is 1.77 bits per heavy atom. The maximum absolute atomic E-state index is 6.08. The van der Waals surface area contributed by atoms with Gasteiger partial charge in [-0.1, -0.05) is 71.4 Å². The third kappa shape index (κ3) is 4.59. The van der Waals surface area contributed by atoms with Crippen LogP contribution in [0.5, 0.6) is 0 Å². The highest BCUT2D eigenvalue weighted by Gasteiger charge is 2.14. The highest BCUT2D eigenvalue weighted by atomic mass is 16.3. The van der Waals surface area contributed by atoms with Gasteiger partial charge >= 0.3 is 0 Å². The number of hydrogen-bond acceptors (Lipinski definition) is 2. The Hall–Kier alpha value is -1.31. The lowest BCUT2D eigenvalue weighted by atomic mass is 9.94. The van der Waals surface area contributed by atoms with Crippen LogP contribution in [0.25, 0.3) is 11.1 Å². The summed E-state index contributed by atoms with van der Waals surface area (Å²) in [5.74, 6) is 1.46. The number of nitrogens with zero attached hydrogens (tertiary/aromatic N) is 1. The second kappa shape index (κ2) is 8.97. The van der Waals surface area contributed by atoms with Crippen LogP contribution in [0.2, 0.25) is 0 Å². The molecule has 0 spiro atoms. The van der Waals surface area contributed by atoms with Crippen molar-refractivity contribution in [2.75, 3.05) is 0 Å². The highest BCUT2D eigenvalue weighted by Crippen LogP contribution is 2.30. The van der Waals surface area contributed by atoms with Crippen LogP contribution >= 0.6 is 0 Å². The van der Waals surface area contributed by atoms with Gasteiger partial charge in [0.15, 0.2) is 11.5 Å². The van der Waals surface area contributed by atoms with Crippen molar-refractivity contribution in [3.05, 3.63) is 29.7 Å². The summed E-state index contributed by atoms with van der Waals surface area (Å²) in [5, 5.41) is 0. The third-order valence-corrected chi connectivity index (χ3v) is 4.51. The standard InChI is InChI=1S/C20H31NO/c1-4-6-8-10-12-16(3)17-13-11-14-18-20(17)22-19(21-18)15-9-7-5-2/h11,13-14,16H,4-10,12,15H2,1-3H3. The van der Waals surface area contributed by atoms with Crippen molar-refractivity contribution in [1.29, 1.82) is 0 Å². The molecule has 2 aromatic rings. The molecule has 122 valence electrons. The minimum atomic E-state index is 0.553. The van der Waals surface area contributed by atoms with Gasteiger partial charge in [0.05, 0.1) is 0 Å². The number of aryl methyl sites for hydroxylation is 1. The normalized spacial score (nSPS) is 12.9. The van der Waals surface area contributed by atoms with Crippen LogP contribution in [0, 0.1) is 0 Å². The zero-order chi connectivity index (χ0) is 15.8. The smallest absolute Gasteiger partial charge is 0.195 e. The highest BCUT2D eigenvalue weighted by molar-refractivity contribution is 5.77. The Balaban J connectivity index is 2.05. The summed E-state index contributed by atoms with van der Waals surface area (Å²) in [4.78, 5) is 4.67. The van der Waals surface area contributed by atoms with E-state index in [4.69, 9.17) is 4.42 Å². The van der Waals surface area contributed by atoms with Crippen molar-refractivity contribution in [3.8, 4) is 0 Å². The molecule has 0 saturated heterocycles. The molecule has 0 aliphatic rings. The lowest BCUT2D eigenvalue weighted by molar-refractivity contribution is 0.505. The van der Waals surface area contributed by atoms with Crippen LogP contribution in [-0.2, 0) is 6.42 Å². The summed E-state index contributed by atoms with van der Waals surface area (Å²) in [6.07, 6.45) is 11.2. The topological polar surface area (TPSA) is 26.0 Å². The van der Waals surface area contributed by atoms with Crippen LogP contribution in [0.3, 0.4) is 0 Å². The Bertz CT molecular complexity index is 558. The Morgan fingerprint density at radius 3 is 2.55 bits per heavy atom. The summed E-state index contributed by atoms with van der Waals surface area (Å²) in [5.41, 5.74) is 3.39. The van der Waals surface area contributed by atoms with Crippen LogP contribution in [0.1, 0.15) is 89.5 Å². The van der Waals surface area contributed by atoms with E-state index in [9.17, 15) is 0 Å². The van der Waals surface area contributed by atoms with Crippen molar-refractivity contribution >= 4 is 11.1 Å². The van der Waals surface area contributed by atoms with Crippen molar-refractivity contribution in [3.63, 3.8) is 0 Å². The van der Waals surface area contributed by atoms with Gasteiger partial charge in [0.2, 0.25) is 0 Å². The molecular formula is C20H31NO. The second-order valence-electron chi connectivity index (χ2n) is 6.51. The molecule has 0 radical (unpaired) electrons.